The molecule has 0 spiro atoms. The van der Waals surface area contributed by atoms with Gasteiger partial charge in [-0.15, -0.1) is 46.4 Å². The Labute approximate surface area is 165 Å². The Hall–Kier alpha value is -0.430. The van der Waals surface area contributed by atoms with Crippen molar-refractivity contribution in [3.05, 3.63) is 0 Å². The molecule has 148 valence electrons. The van der Waals surface area contributed by atoms with E-state index in [1.807, 2.05) is 0 Å². The van der Waals surface area contributed by atoms with Gasteiger partial charge in [0, 0.05) is 20.8 Å². The highest BCUT2D eigenvalue weighted by atomic mass is 35.5. The number of carbonyl (C=O) groups is 3. The van der Waals surface area contributed by atoms with Crippen LogP contribution in [0.3, 0.4) is 0 Å². The molecule has 0 rings (SSSR count). The molecular formula is C14H28Cl4O6. The summed E-state index contributed by atoms with van der Waals surface area (Å²) in [4.78, 5) is 29.5. The predicted molar refractivity (Wildman–Crippen MR) is 100 cm³/mol. The predicted octanol–water partition coefficient (Wildman–Crippen LogP) is 4.55. The number of ether oxygens (including phenoxy) is 3. The largest absolute Gasteiger partial charge is 0.466 e. The zero-order valence-corrected chi connectivity index (χ0v) is 18.0. The molecule has 0 aliphatic rings. The molecule has 10 heteroatoms. The number of alkyl halides is 4. The van der Waals surface area contributed by atoms with Crippen LogP contribution in [0.1, 0.15) is 41.5 Å². The molecule has 0 amide bonds. The van der Waals surface area contributed by atoms with Crippen LogP contribution in [0.4, 0.5) is 0 Å². The number of esters is 3. The zero-order valence-electron chi connectivity index (χ0n) is 15.0. The van der Waals surface area contributed by atoms with E-state index in [4.69, 9.17) is 46.4 Å². The van der Waals surface area contributed by atoms with Crippen molar-refractivity contribution in [3.8, 4) is 0 Å². The van der Waals surface area contributed by atoms with Crippen molar-refractivity contribution in [3.63, 3.8) is 0 Å². The fourth-order valence-corrected chi connectivity index (χ4v) is 0.610. The first-order chi connectivity index (χ1) is 11.1. The minimum Gasteiger partial charge on any atom is -0.466 e. The van der Waals surface area contributed by atoms with Crippen LogP contribution < -0.4 is 0 Å². The van der Waals surface area contributed by atoms with Crippen LogP contribution in [-0.2, 0) is 28.6 Å². The lowest BCUT2D eigenvalue weighted by atomic mass is 10.8. The Bertz CT molecular complexity index is 226. The number of rotatable bonds is 3. The Balaban J connectivity index is -0.0000000648. The quantitative estimate of drug-likeness (QED) is 0.369. The van der Waals surface area contributed by atoms with E-state index in [1.54, 1.807) is 20.8 Å². The smallest absolute Gasteiger partial charge is 0.302 e. The van der Waals surface area contributed by atoms with Crippen molar-refractivity contribution in [2.24, 2.45) is 0 Å². The Morgan fingerprint density at radius 3 is 0.708 bits per heavy atom. The third-order valence-electron chi connectivity index (χ3n) is 1.04. The van der Waals surface area contributed by atoms with Crippen LogP contribution >= 0.6 is 46.4 Å². The van der Waals surface area contributed by atoms with Gasteiger partial charge in [0.05, 0.1) is 30.5 Å². The third kappa shape index (κ3) is 124. The van der Waals surface area contributed by atoms with Crippen molar-refractivity contribution in [1.29, 1.82) is 0 Å². The van der Waals surface area contributed by atoms with E-state index in [0.29, 0.717) is 19.8 Å². The summed E-state index contributed by atoms with van der Waals surface area (Å²) >= 11 is 19.1. The number of halogens is 4. The highest BCUT2D eigenvalue weighted by molar-refractivity contribution is 6.40. The van der Waals surface area contributed by atoms with Gasteiger partial charge in [-0.2, -0.15) is 0 Å². The van der Waals surface area contributed by atoms with E-state index in [-0.39, 0.29) is 28.6 Å². The van der Waals surface area contributed by atoms with Crippen LogP contribution in [0, 0.1) is 0 Å². The van der Waals surface area contributed by atoms with Crippen molar-refractivity contribution < 1.29 is 28.6 Å². The second-order valence-corrected chi connectivity index (χ2v) is 4.59. The maximum atomic E-state index is 9.82. The minimum absolute atomic E-state index is 0.194. The Morgan fingerprint density at radius 2 is 0.708 bits per heavy atom. The summed E-state index contributed by atoms with van der Waals surface area (Å²) in [6.45, 7) is 11.0. The molecule has 0 aliphatic carbocycles. The summed E-state index contributed by atoms with van der Waals surface area (Å²) in [6.07, 6.45) is 0. The summed E-state index contributed by atoms with van der Waals surface area (Å²) in [7, 11) is 0. The maximum absolute atomic E-state index is 9.82. The molecule has 0 aromatic carbocycles. The zero-order chi connectivity index (χ0) is 20.4. The van der Waals surface area contributed by atoms with Gasteiger partial charge in [-0.05, 0) is 20.8 Å². The average molecular weight is 434 g/mol. The van der Waals surface area contributed by atoms with Gasteiger partial charge in [0.15, 0.2) is 0 Å². The fourth-order valence-electron chi connectivity index (χ4n) is 0.610. The Kier molecular flexibility index (Phi) is 55.5. The van der Waals surface area contributed by atoms with Crippen molar-refractivity contribution in [2.45, 2.75) is 41.5 Å². The summed E-state index contributed by atoms with van der Waals surface area (Å²) in [6, 6.07) is 0. The SMILES string of the molecule is CCOC(C)=O.CCOC(C)=O.CCOC(C)=O.ClCCl.ClCCl. The molecule has 0 radical (unpaired) electrons. The topological polar surface area (TPSA) is 78.9 Å². The lowest BCUT2D eigenvalue weighted by Crippen LogP contribution is -1.95. The molecule has 0 aromatic rings. The first kappa shape index (κ1) is 34.8. The molecule has 0 bridgehead atoms. The molecule has 0 N–H and O–H groups in total. The molecule has 0 unspecified atom stereocenters. The fraction of sp³-hybridized carbons (Fsp3) is 0.786. The molecule has 0 heterocycles. The molecule has 0 aliphatic heterocycles. The summed E-state index contributed by atoms with van der Waals surface area (Å²) in [5.41, 5.74) is 0. The highest BCUT2D eigenvalue weighted by Gasteiger charge is 1.82. The van der Waals surface area contributed by atoms with Gasteiger partial charge >= 0.3 is 17.9 Å². The van der Waals surface area contributed by atoms with Crippen LogP contribution in [0.2, 0.25) is 0 Å². The number of hydrogen-bond acceptors (Lipinski definition) is 6. The van der Waals surface area contributed by atoms with Gasteiger partial charge in [-0.3, -0.25) is 14.4 Å². The first-order valence-corrected chi connectivity index (χ1v) is 8.92. The molecule has 24 heavy (non-hydrogen) atoms. The van der Waals surface area contributed by atoms with Crippen LogP contribution in [0.25, 0.3) is 0 Å². The maximum Gasteiger partial charge on any atom is 0.302 e. The second-order valence-electron chi connectivity index (χ2n) is 2.98. The molecule has 0 atom stereocenters. The van der Waals surface area contributed by atoms with E-state index in [9.17, 15) is 14.4 Å². The van der Waals surface area contributed by atoms with Gasteiger partial charge in [0.2, 0.25) is 0 Å². The van der Waals surface area contributed by atoms with E-state index in [1.165, 1.54) is 20.8 Å². The molecule has 0 fully saturated rings. The van der Waals surface area contributed by atoms with Crippen molar-refractivity contribution in [2.75, 3.05) is 30.5 Å². The highest BCUT2D eigenvalue weighted by Crippen LogP contribution is 1.73. The normalized spacial score (nSPS) is 7.25. The summed E-state index contributed by atoms with van der Waals surface area (Å²) in [5.74, 6) is -0.632. The van der Waals surface area contributed by atoms with Crippen LogP contribution in [-0.4, -0.2) is 48.4 Å². The monoisotopic (exact) mass is 432 g/mol. The van der Waals surface area contributed by atoms with Crippen LogP contribution in [0.15, 0.2) is 0 Å². The standard InChI is InChI=1S/3C4H8O2.2CH2Cl2/c3*1-3-6-4(2)5;2*2-1-3/h3*3H2,1-2H3;2*1H2. The average Bonchev–Trinajstić information content (AvgIpc) is 2.41. The third-order valence-corrected chi connectivity index (χ3v) is 1.04. The molecular weight excluding hydrogens is 406 g/mol. The molecule has 0 aromatic heterocycles. The number of carbonyl (C=O) groups excluding carboxylic acids is 3. The summed E-state index contributed by atoms with van der Waals surface area (Å²) < 4.78 is 13.2. The van der Waals surface area contributed by atoms with Gasteiger partial charge in [0.1, 0.15) is 0 Å². The van der Waals surface area contributed by atoms with Gasteiger partial charge < -0.3 is 14.2 Å². The first-order valence-electron chi connectivity index (χ1n) is 6.78. The van der Waals surface area contributed by atoms with Crippen LogP contribution in [0.5, 0.6) is 0 Å². The second kappa shape index (κ2) is 38.2. The number of hydrogen-bond donors (Lipinski definition) is 0. The van der Waals surface area contributed by atoms with Gasteiger partial charge in [-0.25, -0.2) is 0 Å². The van der Waals surface area contributed by atoms with Crippen molar-refractivity contribution in [1.82, 2.24) is 0 Å². The summed E-state index contributed by atoms with van der Waals surface area (Å²) in [5, 5.41) is 0.389. The molecule has 6 nitrogen and oxygen atoms in total. The molecule has 0 saturated heterocycles. The Morgan fingerprint density at radius 1 is 0.583 bits per heavy atom. The van der Waals surface area contributed by atoms with Gasteiger partial charge in [0.25, 0.3) is 0 Å². The minimum atomic E-state index is -0.211. The lowest BCUT2D eigenvalue weighted by Gasteiger charge is -1.89. The van der Waals surface area contributed by atoms with E-state index >= 15 is 0 Å². The van der Waals surface area contributed by atoms with E-state index in [0.717, 1.165) is 0 Å². The van der Waals surface area contributed by atoms with E-state index < -0.39 is 0 Å². The lowest BCUT2D eigenvalue weighted by molar-refractivity contribution is -0.141. The van der Waals surface area contributed by atoms with Crippen molar-refractivity contribution >= 4 is 64.3 Å². The van der Waals surface area contributed by atoms with E-state index in [2.05, 4.69) is 14.2 Å². The molecule has 0 saturated carbocycles. The van der Waals surface area contributed by atoms with Gasteiger partial charge in [-0.1, -0.05) is 0 Å².